The zero-order valence-corrected chi connectivity index (χ0v) is 13.2. The van der Waals surface area contributed by atoms with Crippen LogP contribution in [0, 0.1) is 11.6 Å². The lowest BCUT2D eigenvalue weighted by Gasteiger charge is -2.10. The Morgan fingerprint density at radius 1 is 1.17 bits per heavy atom. The minimum atomic E-state index is -0.939. The van der Waals surface area contributed by atoms with Gasteiger partial charge in [0, 0.05) is 5.02 Å². The zero-order chi connectivity index (χ0) is 17.7. The van der Waals surface area contributed by atoms with Crippen molar-refractivity contribution in [3.8, 4) is 5.75 Å². The molecule has 0 radical (unpaired) electrons. The average Bonchev–Trinajstić information content (AvgIpc) is 2.56. The molecular formula is C16H12ClF2NO4. The highest BCUT2D eigenvalue weighted by molar-refractivity contribution is 6.31. The summed E-state index contributed by atoms with van der Waals surface area (Å²) in [5, 5.41) is 2.28. The number of methoxy groups -OCH3 is 1. The van der Waals surface area contributed by atoms with Crippen LogP contribution in [0.15, 0.2) is 36.4 Å². The van der Waals surface area contributed by atoms with Crippen molar-refractivity contribution >= 4 is 29.2 Å². The van der Waals surface area contributed by atoms with Crippen molar-refractivity contribution in [1.29, 1.82) is 0 Å². The van der Waals surface area contributed by atoms with Gasteiger partial charge in [-0.05, 0) is 30.3 Å². The summed E-state index contributed by atoms with van der Waals surface area (Å²) in [6.07, 6.45) is 0. The van der Waals surface area contributed by atoms with Gasteiger partial charge in [0.1, 0.15) is 28.6 Å². The second kappa shape index (κ2) is 7.74. The Labute approximate surface area is 141 Å². The van der Waals surface area contributed by atoms with Crippen LogP contribution in [0.3, 0.4) is 0 Å². The van der Waals surface area contributed by atoms with Crippen LogP contribution in [-0.4, -0.2) is 25.6 Å². The molecular weight excluding hydrogens is 344 g/mol. The molecule has 0 saturated carbocycles. The van der Waals surface area contributed by atoms with Crippen molar-refractivity contribution in [2.75, 3.05) is 19.0 Å². The molecule has 0 aliphatic rings. The van der Waals surface area contributed by atoms with Crippen LogP contribution in [0.2, 0.25) is 5.02 Å². The number of esters is 1. The third-order valence-corrected chi connectivity index (χ3v) is 3.18. The highest BCUT2D eigenvalue weighted by Gasteiger charge is 2.17. The summed E-state index contributed by atoms with van der Waals surface area (Å²) >= 11 is 5.80. The van der Waals surface area contributed by atoms with Gasteiger partial charge in [0.15, 0.2) is 6.61 Å². The predicted octanol–water partition coefficient (Wildman–Crippen LogP) is 3.42. The van der Waals surface area contributed by atoms with Crippen molar-refractivity contribution in [2.24, 2.45) is 0 Å². The molecule has 8 heteroatoms. The van der Waals surface area contributed by atoms with E-state index in [-0.39, 0.29) is 16.3 Å². The van der Waals surface area contributed by atoms with E-state index < -0.39 is 35.8 Å². The summed E-state index contributed by atoms with van der Waals surface area (Å²) in [7, 11) is 1.35. The number of para-hydroxylation sites is 1. The SMILES string of the molecule is COc1ccc(Cl)cc1C(=O)OCC(=O)Nc1c(F)cccc1F. The van der Waals surface area contributed by atoms with E-state index in [9.17, 15) is 18.4 Å². The number of nitrogens with one attached hydrogen (secondary N) is 1. The van der Waals surface area contributed by atoms with Crippen LogP contribution in [-0.2, 0) is 9.53 Å². The first kappa shape index (κ1) is 17.7. The maximum absolute atomic E-state index is 13.4. The standard InChI is InChI=1S/C16H12ClF2NO4/c1-23-13-6-5-9(17)7-10(13)16(22)24-8-14(21)20-15-11(18)3-2-4-12(15)19/h2-7H,8H2,1H3,(H,20,21). The van der Waals surface area contributed by atoms with Crippen molar-refractivity contribution in [3.05, 3.63) is 58.6 Å². The molecule has 0 heterocycles. The quantitative estimate of drug-likeness (QED) is 0.835. The number of amides is 1. The van der Waals surface area contributed by atoms with E-state index in [0.717, 1.165) is 18.2 Å². The van der Waals surface area contributed by atoms with E-state index >= 15 is 0 Å². The first-order chi connectivity index (χ1) is 11.4. The fourth-order valence-electron chi connectivity index (χ4n) is 1.84. The van der Waals surface area contributed by atoms with E-state index in [1.807, 2.05) is 5.32 Å². The largest absolute Gasteiger partial charge is 0.496 e. The number of carbonyl (C=O) groups excluding carboxylic acids is 2. The van der Waals surface area contributed by atoms with E-state index in [2.05, 4.69) is 0 Å². The molecule has 0 spiro atoms. The topological polar surface area (TPSA) is 64.6 Å². The average molecular weight is 356 g/mol. The van der Waals surface area contributed by atoms with Crippen molar-refractivity contribution in [3.63, 3.8) is 0 Å². The fourth-order valence-corrected chi connectivity index (χ4v) is 2.01. The fraction of sp³-hybridized carbons (Fsp3) is 0.125. The summed E-state index contributed by atoms with van der Waals surface area (Å²) in [4.78, 5) is 23.7. The number of hydrogen-bond acceptors (Lipinski definition) is 4. The Morgan fingerprint density at radius 3 is 2.46 bits per heavy atom. The van der Waals surface area contributed by atoms with Crippen LogP contribution in [0.25, 0.3) is 0 Å². The molecule has 2 rings (SSSR count). The Morgan fingerprint density at radius 2 is 1.83 bits per heavy atom. The van der Waals surface area contributed by atoms with Gasteiger partial charge in [-0.2, -0.15) is 0 Å². The van der Waals surface area contributed by atoms with Gasteiger partial charge in [-0.1, -0.05) is 17.7 Å². The number of carbonyl (C=O) groups is 2. The smallest absolute Gasteiger partial charge is 0.342 e. The van der Waals surface area contributed by atoms with E-state index in [1.165, 1.54) is 25.3 Å². The Kier molecular flexibility index (Phi) is 5.70. The molecule has 0 aliphatic carbocycles. The van der Waals surface area contributed by atoms with E-state index in [1.54, 1.807) is 0 Å². The second-order valence-electron chi connectivity index (χ2n) is 4.57. The van der Waals surface area contributed by atoms with Crippen molar-refractivity contribution < 1.29 is 27.8 Å². The van der Waals surface area contributed by atoms with Crippen LogP contribution in [0.4, 0.5) is 14.5 Å². The van der Waals surface area contributed by atoms with Crippen molar-refractivity contribution in [2.45, 2.75) is 0 Å². The number of hydrogen-bond donors (Lipinski definition) is 1. The van der Waals surface area contributed by atoms with Gasteiger partial charge in [-0.3, -0.25) is 4.79 Å². The van der Waals surface area contributed by atoms with Crippen LogP contribution in [0.1, 0.15) is 10.4 Å². The molecule has 5 nitrogen and oxygen atoms in total. The molecule has 126 valence electrons. The third kappa shape index (κ3) is 4.20. The molecule has 1 amide bonds. The first-order valence-electron chi connectivity index (χ1n) is 6.67. The molecule has 0 saturated heterocycles. The molecule has 2 aromatic carbocycles. The molecule has 0 aromatic heterocycles. The molecule has 0 fully saturated rings. The first-order valence-corrected chi connectivity index (χ1v) is 7.04. The highest BCUT2D eigenvalue weighted by atomic mass is 35.5. The van der Waals surface area contributed by atoms with Gasteiger partial charge in [0.2, 0.25) is 0 Å². The minimum Gasteiger partial charge on any atom is -0.496 e. The summed E-state index contributed by atoms with van der Waals surface area (Å²) < 4.78 is 36.6. The normalized spacial score (nSPS) is 10.2. The summed E-state index contributed by atoms with van der Waals surface area (Å²) in [6, 6.07) is 7.44. The van der Waals surface area contributed by atoms with Crippen LogP contribution in [0.5, 0.6) is 5.75 Å². The summed E-state index contributed by atoms with van der Waals surface area (Å²) in [6.45, 7) is -0.734. The zero-order valence-electron chi connectivity index (χ0n) is 12.4. The molecule has 0 atom stereocenters. The van der Waals surface area contributed by atoms with Gasteiger partial charge < -0.3 is 14.8 Å². The summed E-state index contributed by atoms with van der Waals surface area (Å²) in [5.41, 5.74) is -0.589. The number of benzene rings is 2. The predicted molar refractivity (Wildman–Crippen MR) is 83.3 cm³/mol. The van der Waals surface area contributed by atoms with Crippen LogP contribution >= 0.6 is 11.6 Å². The Hall–Kier alpha value is -2.67. The van der Waals surface area contributed by atoms with Gasteiger partial charge in [-0.15, -0.1) is 0 Å². The van der Waals surface area contributed by atoms with Crippen molar-refractivity contribution in [1.82, 2.24) is 0 Å². The molecule has 2 aromatic rings. The van der Waals surface area contributed by atoms with Gasteiger partial charge in [0.05, 0.1) is 7.11 Å². The number of ether oxygens (including phenoxy) is 2. The Balaban J connectivity index is 2.02. The van der Waals surface area contributed by atoms with E-state index in [0.29, 0.717) is 0 Å². The molecule has 0 bridgehead atoms. The molecule has 1 N–H and O–H groups in total. The maximum Gasteiger partial charge on any atom is 0.342 e. The molecule has 0 aliphatic heterocycles. The van der Waals surface area contributed by atoms with Gasteiger partial charge in [0.25, 0.3) is 5.91 Å². The lowest BCUT2D eigenvalue weighted by atomic mass is 10.2. The minimum absolute atomic E-state index is 0.0230. The monoisotopic (exact) mass is 355 g/mol. The third-order valence-electron chi connectivity index (χ3n) is 2.94. The maximum atomic E-state index is 13.4. The molecule has 0 unspecified atom stereocenters. The Bertz CT molecular complexity index is 762. The lowest BCUT2D eigenvalue weighted by Crippen LogP contribution is -2.22. The number of anilines is 1. The summed E-state index contributed by atoms with van der Waals surface area (Å²) in [5.74, 6) is -3.42. The highest BCUT2D eigenvalue weighted by Crippen LogP contribution is 2.23. The second-order valence-corrected chi connectivity index (χ2v) is 5.00. The van der Waals surface area contributed by atoms with Crippen LogP contribution < -0.4 is 10.1 Å². The van der Waals surface area contributed by atoms with Gasteiger partial charge >= 0.3 is 5.97 Å². The molecule has 24 heavy (non-hydrogen) atoms. The van der Waals surface area contributed by atoms with E-state index in [4.69, 9.17) is 21.1 Å². The van der Waals surface area contributed by atoms with Gasteiger partial charge in [-0.25, -0.2) is 13.6 Å². The number of halogens is 3. The number of rotatable bonds is 5. The lowest BCUT2D eigenvalue weighted by molar-refractivity contribution is -0.119.